The normalized spacial score (nSPS) is 15.3. The van der Waals surface area contributed by atoms with Gasteiger partial charge in [0, 0.05) is 17.1 Å². The van der Waals surface area contributed by atoms with Crippen molar-refractivity contribution in [1.82, 2.24) is 5.32 Å². The lowest BCUT2D eigenvalue weighted by atomic mass is 9.99. The van der Waals surface area contributed by atoms with Crippen molar-refractivity contribution in [2.24, 2.45) is 5.92 Å². The van der Waals surface area contributed by atoms with Gasteiger partial charge in [0.05, 0.1) is 18.4 Å². The molecule has 1 aliphatic rings. The van der Waals surface area contributed by atoms with E-state index in [1.807, 2.05) is 13.8 Å². The summed E-state index contributed by atoms with van der Waals surface area (Å²) in [6, 6.07) is 4.04. The number of carbonyl (C=O) groups excluding carboxylic acids is 4. The van der Waals surface area contributed by atoms with Crippen LogP contribution >= 0.6 is 11.8 Å². The van der Waals surface area contributed by atoms with Gasteiger partial charge in [-0.25, -0.2) is 9.59 Å². The molecule has 0 radical (unpaired) electrons. The maximum absolute atomic E-state index is 12.3. The van der Waals surface area contributed by atoms with Crippen molar-refractivity contribution in [2.45, 2.75) is 37.6 Å². The first-order valence-electron chi connectivity index (χ1n) is 8.96. The van der Waals surface area contributed by atoms with Gasteiger partial charge in [0.2, 0.25) is 5.91 Å². The Morgan fingerprint density at radius 3 is 2.75 bits per heavy atom. The van der Waals surface area contributed by atoms with E-state index in [0.29, 0.717) is 24.3 Å². The van der Waals surface area contributed by atoms with Gasteiger partial charge < -0.3 is 20.1 Å². The van der Waals surface area contributed by atoms with Crippen molar-refractivity contribution in [3.63, 3.8) is 0 Å². The molecule has 1 aromatic carbocycles. The van der Waals surface area contributed by atoms with Crippen molar-refractivity contribution in [2.75, 3.05) is 24.8 Å². The molecule has 2 N–H and O–H groups in total. The summed E-state index contributed by atoms with van der Waals surface area (Å²) < 4.78 is 9.75. The number of esters is 2. The minimum Gasteiger partial charge on any atom is -0.467 e. The number of methoxy groups -OCH3 is 1. The van der Waals surface area contributed by atoms with E-state index in [-0.39, 0.29) is 17.4 Å². The zero-order valence-corrected chi connectivity index (χ0v) is 16.9. The van der Waals surface area contributed by atoms with Crippen LogP contribution in [0.5, 0.6) is 0 Å². The van der Waals surface area contributed by atoms with Gasteiger partial charge in [-0.3, -0.25) is 9.59 Å². The largest absolute Gasteiger partial charge is 0.467 e. The summed E-state index contributed by atoms with van der Waals surface area (Å²) in [4.78, 5) is 48.7. The smallest absolute Gasteiger partial charge is 0.338 e. The average molecular weight is 408 g/mol. The highest BCUT2D eigenvalue weighted by Gasteiger charge is 2.27. The van der Waals surface area contributed by atoms with E-state index in [2.05, 4.69) is 10.6 Å². The summed E-state index contributed by atoms with van der Waals surface area (Å²) in [5, 5.41) is 5.29. The van der Waals surface area contributed by atoms with Crippen LogP contribution in [0.2, 0.25) is 0 Å². The van der Waals surface area contributed by atoms with Gasteiger partial charge in [0.25, 0.3) is 5.91 Å². The standard InChI is InChI=1S/C19H24N2O6S/c1-4-11(2)17(19(25)26-3)21-16(23)10-27-18(24)12-5-6-14-13(9-12)20-15(22)7-8-28-14/h5-6,9,11,17H,4,7-8,10H2,1-3H3,(H,20,22)(H,21,23)/t11-,17+/m0/s1. The monoisotopic (exact) mass is 408 g/mol. The van der Waals surface area contributed by atoms with Gasteiger partial charge in [0.15, 0.2) is 6.61 Å². The van der Waals surface area contributed by atoms with E-state index < -0.39 is 30.5 Å². The Morgan fingerprint density at radius 2 is 2.07 bits per heavy atom. The predicted molar refractivity (Wildman–Crippen MR) is 104 cm³/mol. The molecule has 8 nitrogen and oxygen atoms in total. The van der Waals surface area contributed by atoms with Crippen molar-refractivity contribution < 1.29 is 28.7 Å². The van der Waals surface area contributed by atoms with Crippen LogP contribution in [0.1, 0.15) is 37.0 Å². The molecule has 2 atom stereocenters. The summed E-state index contributed by atoms with van der Waals surface area (Å²) in [7, 11) is 1.25. The van der Waals surface area contributed by atoms with Crippen molar-refractivity contribution in [3.8, 4) is 0 Å². The average Bonchev–Trinajstić information content (AvgIpc) is 2.88. The van der Waals surface area contributed by atoms with Crippen LogP contribution in [-0.4, -0.2) is 49.3 Å². The van der Waals surface area contributed by atoms with Crippen LogP contribution in [0.25, 0.3) is 0 Å². The molecule has 28 heavy (non-hydrogen) atoms. The molecule has 0 unspecified atom stereocenters. The molecule has 0 fully saturated rings. The highest BCUT2D eigenvalue weighted by molar-refractivity contribution is 7.99. The van der Waals surface area contributed by atoms with E-state index in [0.717, 1.165) is 4.90 Å². The van der Waals surface area contributed by atoms with Gasteiger partial charge in [-0.05, 0) is 24.1 Å². The summed E-state index contributed by atoms with van der Waals surface area (Å²) in [5.41, 5.74) is 0.773. The minimum absolute atomic E-state index is 0.116. The molecule has 0 aromatic heterocycles. The van der Waals surface area contributed by atoms with Crippen LogP contribution in [0.3, 0.4) is 0 Å². The molecule has 2 amide bonds. The fourth-order valence-electron chi connectivity index (χ4n) is 2.57. The Morgan fingerprint density at radius 1 is 1.32 bits per heavy atom. The second kappa shape index (κ2) is 10.1. The zero-order chi connectivity index (χ0) is 20.7. The van der Waals surface area contributed by atoms with Crippen molar-refractivity contribution in [1.29, 1.82) is 0 Å². The zero-order valence-electron chi connectivity index (χ0n) is 16.1. The molecule has 0 spiro atoms. The van der Waals surface area contributed by atoms with E-state index in [9.17, 15) is 19.2 Å². The van der Waals surface area contributed by atoms with Crippen molar-refractivity contribution >= 4 is 41.2 Å². The number of thioether (sulfide) groups is 1. The van der Waals surface area contributed by atoms with Crippen LogP contribution in [0, 0.1) is 5.92 Å². The maximum Gasteiger partial charge on any atom is 0.338 e. The first-order chi connectivity index (χ1) is 13.3. The maximum atomic E-state index is 12.3. The van der Waals surface area contributed by atoms with Gasteiger partial charge in [-0.1, -0.05) is 20.3 Å². The molecule has 0 saturated heterocycles. The number of nitrogens with one attached hydrogen (secondary N) is 2. The lowest BCUT2D eigenvalue weighted by Crippen LogP contribution is -2.47. The Hall–Kier alpha value is -2.55. The summed E-state index contributed by atoms with van der Waals surface area (Å²) in [5.74, 6) is -1.41. The highest BCUT2D eigenvalue weighted by atomic mass is 32.2. The van der Waals surface area contributed by atoms with E-state index in [1.54, 1.807) is 12.1 Å². The van der Waals surface area contributed by atoms with Crippen molar-refractivity contribution in [3.05, 3.63) is 23.8 Å². The van der Waals surface area contributed by atoms with Crippen LogP contribution in [0.15, 0.2) is 23.1 Å². The first-order valence-corrected chi connectivity index (χ1v) is 9.95. The molecular weight excluding hydrogens is 384 g/mol. The summed E-state index contributed by atoms with van der Waals surface area (Å²) >= 11 is 1.53. The molecule has 0 aliphatic carbocycles. The predicted octanol–water partition coefficient (Wildman–Crippen LogP) is 1.98. The number of carbonyl (C=O) groups is 4. The third kappa shape index (κ3) is 5.72. The Balaban J connectivity index is 1.97. The van der Waals surface area contributed by atoms with Crippen LogP contribution < -0.4 is 10.6 Å². The van der Waals surface area contributed by atoms with Crippen LogP contribution in [-0.2, 0) is 23.9 Å². The number of ether oxygens (including phenoxy) is 2. The third-order valence-electron chi connectivity index (χ3n) is 4.39. The number of benzene rings is 1. The number of rotatable bonds is 7. The fourth-order valence-corrected chi connectivity index (χ4v) is 3.51. The van der Waals surface area contributed by atoms with E-state index >= 15 is 0 Å². The van der Waals surface area contributed by atoms with E-state index in [1.165, 1.54) is 24.9 Å². The molecule has 0 bridgehead atoms. The van der Waals surface area contributed by atoms with Gasteiger partial charge >= 0.3 is 11.9 Å². The van der Waals surface area contributed by atoms with Gasteiger partial charge in [-0.2, -0.15) is 0 Å². The number of hydrogen-bond donors (Lipinski definition) is 2. The highest BCUT2D eigenvalue weighted by Crippen LogP contribution is 2.31. The third-order valence-corrected chi connectivity index (χ3v) is 5.47. The second-order valence-electron chi connectivity index (χ2n) is 6.39. The fraction of sp³-hybridized carbons (Fsp3) is 0.474. The topological polar surface area (TPSA) is 111 Å². The number of hydrogen-bond acceptors (Lipinski definition) is 7. The molecular formula is C19H24N2O6S. The molecule has 1 aromatic rings. The molecule has 152 valence electrons. The quantitative estimate of drug-likeness (QED) is 0.664. The van der Waals surface area contributed by atoms with Gasteiger partial charge in [-0.15, -0.1) is 11.8 Å². The molecule has 1 heterocycles. The number of fused-ring (bicyclic) bond motifs is 1. The second-order valence-corrected chi connectivity index (χ2v) is 7.52. The Labute approximate surface area is 167 Å². The number of amides is 2. The molecule has 1 aliphatic heterocycles. The lowest BCUT2D eigenvalue weighted by Gasteiger charge is -2.21. The van der Waals surface area contributed by atoms with Gasteiger partial charge in [0.1, 0.15) is 6.04 Å². The molecule has 2 rings (SSSR count). The first kappa shape index (κ1) is 21.7. The lowest BCUT2D eigenvalue weighted by molar-refractivity contribution is -0.147. The Kier molecular flexibility index (Phi) is 7.86. The Bertz CT molecular complexity index is 767. The summed E-state index contributed by atoms with van der Waals surface area (Å²) in [6.07, 6.45) is 1.07. The molecule has 9 heteroatoms. The van der Waals surface area contributed by atoms with E-state index in [4.69, 9.17) is 9.47 Å². The summed E-state index contributed by atoms with van der Waals surface area (Å²) in [6.45, 7) is 3.18. The minimum atomic E-state index is -0.805. The van der Waals surface area contributed by atoms with Crippen LogP contribution in [0.4, 0.5) is 5.69 Å². The number of anilines is 1. The SMILES string of the molecule is CC[C@H](C)[C@@H](NC(=O)COC(=O)c1ccc2c(c1)NC(=O)CCS2)C(=O)OC. The molecule has 0 saturated carbocycles.